The highest BCUT2D eigenvalue weighted by atomic mass is 35.5. The molecule has 0 aromatic heterocycles. The molecular formula is C43H54ClN5O9S. The van der Waals surface area contributed by atoms with Crippen LogP contribution in [-0.4, -0.2) is 140 Å². The number of aliphatic hydroxyl groups is 1. The van der Waals surface area contributed by atoms with Crippen molar-refractivity contribution in [3.8, 4) is 17.2 Å². The number of piperazine rings is 1. The summed E-state index contributed by atoms with van der Waals surface area (Å²) in [5, 5.41) is 13.3. The van der Waals surface area contributed by atoms with Gasteiger partial charge in [0.1, 0.15) is 12.4 Å². The van der Waals surface area contributed by atoms with Gasteiger partial charge in [0, 0.05) is 80.3 Å². The van der Waals surface area contributed by atoms with Crippen molar-refractivity contribution in [1.29, 1.82) is 0 Å². The molecule has 59 heavy (non-hydrogen) atoms. The number of thioether (sulfide) groups is 1. The van der Waals surface area contributed by atoms with Crippen LogP contribution in [0.1, 0.15) is 67.3 Å². The number of rotatable bonds is 13. The molecule has 2 fully saturated rings. The van der Waals surface area contributed by atoms with Crippen LogP contribution in [0.15, 0.2) is 42.5 Å². The van der Waals surface area contributed by atoms with Crippen molar-refractivity contribution in [1.82, 2.24) is 14.7 Å². The second kappa shape index (κ2) is 18.9. The zero-order valence-electron chi connectivity index (χ0n) is 34.2. The highest BCUT2D eigenvalue weighted by Gasteiger charge is 2.45. The molecule has 3 aromatic rings. The first kappa shape index (κ1) is 42.7. The van der Waals surface area contributed by atoms with Gasteiger partial charge in [0.15, 0.2) is 17.7 Å². The first-order chi connectivity index (χ1) is 28.5. The standard InChI is InChI=1S/C43H54ClN5O9S/c1-27(59-4)26-57-43(54)49-33-22-37(36(55-3)21-31(33)40(51)47-15-10-13-32(47)41(49)52)56-20-9-5-6-14-38(50)48-25-28(24-44)39-30-12-8-7-11-29(30)35(23-34(39)48)58-42(53)46-18-16-45(2)17-19-46/h7-8,11-12,21-23,27-28,32,41,52H,5-6,9-10,13-20,24-26H2,1-4H3/t27?,28-,32+,41?/m1/s1. The predicted octanol–water partition coefficient (Wildman–Crippen LogP) is 6.53. The molecule has 7 rings (SSSR count). The number of unbranched alkanes of at least 4 members (excludes halogenated alkanes) is 2. The first-order valence-electron chi connectivity index (χ1n) is 20.4. The predicted molar refractivity (Wildman–Crippen MR) is 229 cm³/mol. The minimum absolute atomic E-state index is 0.0403. The summed E-state index contributed by atoms with van der Waals surface area (Å²) in [4.78, 5) is 62.9. The fourth-order valence-electron chi connectivity index (χ4n) is 8.43. The molecule has 4 aliphatic rings. The lowest BCUT2D eigenvalue weighted by Crippen LogP contribution is -2.51. The van der Waals surface area contributed by atoms with Crippen LogP contribution >= 0.6 is 23.4 Å². The van der Waals surface area contributed by atoms with Crippen molar-refractivity contribution < 1.29 is 43.2 Å². The van der Waals surface area contributed by atoms with E-state index in [1.807, 2.05) is 50.6 Å². The Bertz CT molecular complexity index is 2050. The summed E-state index contributed by atoms with van der Waals surface area (Å²) in [7, 11) is 3.52. The number of halogens is 1. The number of benzene rings is 3. The van der Waals surface area contributed by atoms with Gasteiger partial charge in [0.25, 0.3) is 5.91 Å². The number of likely N-dealkylation sites (N-methyl/N-ethyl adjacent to an activating group) is 1. The maximum absolute atomic E-state index is 13.9. The number of aliphatic hydroxyl groups excluding tert-OH is 1. The molecule has 1 N–H and O–H groups in total. The molecule has 0 saturated carbocycles. The lowest BCUT2D eigenvalue weighted by molar-refractivity contribution is -0.118. The largest absolute Gasteiger partial charge is 0.493 e. The van der Waals surface area contributed by atoms with Crippen molar-refractivity contribution >= 4 is 69.5 Å². The summed E-state index contributed by atoms with van der Waals surface area (Å²) < 4.78 is 23.5. The third-order valence-corrected chi connectivity index (χ3v) is 13.2. The maximum Gasteiger partial charge on any atom is 0.416 e. The number of ether oxygens (including phenoxy) is 4. The monoisotopic (exact) mass is 851 g/mol. The molecule has 0 aliphatic carbocycles. The van der Waals surface area contributed by atoms with Crippen LogP contribution in [0.3, 0.4) is 0 Å². The van der Waals surface area contributed by atoms with Gasteiger partial charge in [-0.3, -0.25) is 9.59 Å². The molecule has 4 atom stereocenters. The Hall–Kier alpha value is -4.44. The quantitative estimate of drug-likeness (QED) is 0.148. The Morgan fingerprint density at radius 2 is 1.69 bits per heavy atom. The lowest BCUT2D eigenvalue weighted by atomic mass is 9.95. The van der Waals surface area contributed by atoms with Crippen LogP contribution in [0, 0.1) is 0 Å². The Balaban J connectivity index is 1.01. The summed E-state index contributed by atoms with van der Waals surface area (Å²) in [6.07, 6.45) is 2.94. The van der Waals surface area contributed by atoms with E-state index in [1.165, 1.54) is 12.0 Å². The van der Waals surface area contributed by atoms with Crippen molar-refractivity contribution in [3.05, 3.63) is 53.6 Å². The van der Waals surface area contributed by atoms with E-state index in [0.29, 0.717) is 87.8 Å². The summed E-state index contributed by atoms with van der Waals surface area (Å²) in [6, 6.07) is 12.2. The van der Waals surface area contributed by atoms with Gasteiger partial charge in [-0.25, -0.2) is 14.5 Å². The fourth-order valence-corrected chi connectivity index (χ4v) is 8.88. The topological polar surface area (TPSA) is 142 Å². The minimum Gasteiger partial charge on any atom is -0.493 e. The van der Waals surface area contributed by atoms with Gasteiger partial charge in [0.05, 0.1) is 36.7 Å². The van der Waals surface area contributed by atoms with Gasteiger partial charge in [-0.2, -0.15) is 11.8 Å². The average molecular weight is 852 g/mol. The smallest absolute Gasteiger partial charge is 0.416 e. The molecule has 0 radical (unpaired) electrons. The fraction of sp³-hybridized carbons (Fsp3) is 0.535. The zero-order valence-corrected chi connectivity index (χ0v) is 35.8. The van der Waals surface area contributed by atoms with E-state index in [-0.39, 0.29) is 47.4 Å². The minimum atomic E-state index is -1.30. The van der Waals surface area contributed by atoms with E-state index in [1.54, 1.807) is 38.6 Å². The van der Waals surface area contributed by atoms with Crippen molar-refractivity contribution in [2.75, 3.05) is 88.6 Å². The highest BCUT2D eigenvalue weighted by molar-refractivity contribution is 7.99. The second-order valence-corrected chi connectivity index (χ2v) is 17.2. The van der Waals surface area contributed by atoms with Crippen LogP contribution in [0.4, 0.5) is 21.0 Å². The van der Waals surface area contributed by atoms with Crippen molar-refractivity contribution in [3.63, 3.8) is 0 Å². The van der Waals surface area contributed by atoms with Gasteiger partial charge in [-0.1, -0.05) is 31.2 Å². The van der Waals surface area contributed by atoms with E-state index in [0.717, 1.165) is 35.1 Å². The van der Waals surface area contributed by atoms with Crippen LogP contribution in [0.25, 0.3) is 10.8 Å². The van der Waals surface area contributed by atoms with E-state index < -0.39 is 24.5 Å². The molecule has 318 valence electrons. The molecule has 4 amide bonds. The van der Waals surface area contributed by atoms with Gasteiger partial charge in [0.2, 0.25) is 5.91 Å². The number of alkyl halides is 1. The van der Waals surface area contributed by atoms with Gasteiger partial charge >= 0.3 is 12.2 Å². The molecule has 0 spiro atoms. The molecule has 0 bridgehead atoms. The normalized spacial score (nSPS) is 20.8. The third kappa shape index (κ3) is 8.89. The van der Waals surface area contributed by atoms with E-state index in [4.69, 9.17) is 30.5 Å². The lowest BCUT2D eigenvalue weighted by Gasteiger charge is -2.32. The molecule has 2 saturated heterocycles. The van der Waals surface area contributed by atoms with Crippen molar-refractivity contribution in [2.24, 2.45) is 0 Å². The van der Waals surface area contributed by atoms with Gasteiger partial charge < -0.3 is 43.7 Å². The zero-order chi connectivity index (χ0) is 41.8. The van der Waals surface area contributed by atoms with Crippen molar-refractivity contribution in [2.45, 2.75) is 68.9 Å². The number of hydrogen-bond acceptors (Lipinski definition) is 11. The third-order valence-electron chi connectivity index (χ3n) is 11.8. The van der Waals surface area contributed by atoms with Crippen LogP contribution < -0.4 is 24.0 Å². The summed E-state index contributed by atoms with van der Waals surface area (Å²) in [5.74, 6) is 0.998. The molecule has 4 heterocycles. The van der Waals surface area contributed by atoms with E-state index >= 15 is 0 Å². The Morgan fingerprint density at radius 3 is 2.42 bits per heavy atom. The SMILES string of the molecule is COc1cc2c(cc1OCCCCCC(=O)N1C[C@@H](CCl)c3c1cc(OC(=O)N1CCN(C)CC1)c1ccccc31)N(C(=O)OCC(C)SC)C(O)[C@@H]1CCCN1C2=O. The second-order valence-electron chi connectivity index (χ2n) is 15.7. The van der Waals surface area contributed by atoms with Crippen LogP contribution in [0.2, 0.25) is 0 Å². The van der Waals surface area contributed by atoms with Crippen LogP contribution in [-0.2, 0) is 9.53 Å². The van der Waals surface area contributed by atoms with Crippen LogP contribution in [0.5, 0.6) is 17.2 Å². The average Bonchev–Trinajstić information content (AvgIpc) is 3.88. The van der Waals surface area contributed by atoms with E-state index in [9.17, 15) is 24.3 Å². The number of nitrogens with zero attached hydrogens (tertiary/aromatic N) is 5. The maximum atomic E-state index is 13.9. The number of fused-ring (bicyclic) bond motifs is 5. The summed E-state index contributed by atoms with van der Waals surface area (Å²) in [5.41, 5.74) is 2.13. The summed E-state index contributed by atoms with van der Waals surface area (Å²) >= 11 is 8.05. The van der Waals surface area contributed by atoms with Gasteiger partial charge in [-0.05, 0) is 62.4 Å². The number of carbonyl (C=O) groups is 4. The first-order valence-corrected chi connectivity index (χ1v) is 22.3. The molecule has 16 heteroatoms. The summed E-state index contributed by atoms with van der Waals surface area (Å²) in [6.45, 7) is 5.99. The Morgan fingerprint density at radius 1 is 0.949 bits per heavy atom. The van der Waals surface area contributed by atoms with E-state index in [2.05, 4.69) is 4.90 Å². The Labute approximate surface area is 354 Å². The molecule has 4 aliphatic heterocycles. The molecular weight excluding hydrogens is 798 g/mol. The number of carbonyl (C=O) groups excluding carboxylic acids is 4. The number of anilines is 2. The highest BCUT2D eigenvalue weighted by Crippen LogP contribution is 2.46. The molecule has 14 nitrogen and oxygen atoms in total. The number of hydrogen-bond donors (Lipinski definition) is 1. The molecule has 3 aromatic carbocycles. The molecule has 2 unspecified atom stereocenters. The number of amides is 4. The van der Waals surface area contributed by atoms with Gasteiger partial charge in [-0.15, -0.1) is 11.6 Å². The Kier molecular flexibility index (Phi) is 13.6. The number of methoxy groups -OCH3 is 1.